The first-order valence-electron chi connectivity index (χ1n) is 2.64. The van der Waals surface area contributed by atoms with Gasteiger partial charge in [-0.3, -0.25) is 5.73 Å². The minimum atomic E-state index is 0.714. The Morgan fingerprint density at radius 2 is 2.29 bits per heavy atom. The summed E-state index contributed by atoms with van der Waals surface area (Å²) in [4.78, 5) is 0. The molecule has 41 valence electrons. The third-order valence-electron chi connectivity index (χ3n) is 1.10. The van der Waals surface area contributed by atoms with E-state index < -0.39 is 0 Å². The highest BCUT2D eigenvalue weighted by Crippen LogP contribution is 2.12. The number of hydrogen-bond donors (Lipinski definition) is 1. The van der Waals surface area contributed by atoms with E-state index in [1.165, 1.54) is 12.8 Å². The van der Waals surface area contributed by atoms with Crippen molar-refractivity contribution in [1.29, 1.82) is 0 Å². The monoisotopic (exact) mass is 100 g/mol. The van der Waals surface area contributed by atoms with E-state index >= 15 is 0 Å². The molecule has 1 rings (SSSR count). The number of rotatable bonds is 0. The van der Waals surface area contributed by atoms with Crippen molar-refractivity contribution in [3.05, 3.63) is 6.23 Å². The molecule has 1 aliphatic heterocycles. The minimum Gasteiger partial charge on any atom is -0.356 e. The molecule has 0 spiro atoms. The molecule has 1 radical (unpaired) electrons. The van der Waals surface area contributed by atoms with E-state index in [-0.39, 0.29) is 0 Å². The normalized spacial score (nSPS) is 25.3. The molecule has 0 saturated carbocycles. The summed E-state index contributed by atoms with van der Waals surface area (Å²) in [5.74, 6) is 0. The van der Waals surface area contributed by atoms with Gasteiger partial charge in [-0.05, 0) is 19.3 Å². The Hall–Kier alpha value is -0.0800. The van der Waals surface area contributed by atoms with Gasteiger partial charge in [-0.15, -0.1) is 0 Å². The molecule has 0 unspecified atom stereocenters. The van der Waals surface area contributed by atoms with Crippen molar-refractivity contribution >= 4 is 0 Å². The first kappa shape index (κ1) is 5.06. The fourth-order valence-corrected chi connectivity index (χ4v) is 0.677. The lowest BCUT2D eigenvalue weighted by atomic mass is 10.2. The van der Waals surface area contributed by atoms with Gasteiger partial charge in [0.2, 0.25) is 0 Å². The van der Waals surface area contributed by atoms with Crippen molar-refractivity contribution < 1.29 is 4.74 Å². The van der Waals surface area contributed by atoms with Gasteiger partial charge in [0.1, 0.15) is 0 Å². The molecule has 0 aromatic carbocycles. The highest BCUT2D eigenvalue weighted by atomic mass is 16.5. The van der Waals surface area contributed by atoms with Crippen LogP contribution in [0.15, 0.2) is 0 Å². The van der Waals surface area contributed by atoms with Gasteiger partial charge in [-0.1, -0.05) is 0 Å². The molecule has 1 heterocycles. The van der Waals surface area contributed by atoms with E-state index in [0.717, 1.165) is 13.0 Å². The fraction of sp³-hybridized carbons (Fsp3) is 0.800. The molecule has 2 heteroatoms. The average molecular weight is 100 g/mol. The van der Waals surface area contributed by atoms with Crippen LogP contribution in [0.3, 0.4) is 0 Å². The Morgan fingerprint density at radius 3 is 2.57 bits per heavy atom. The molecule has 2 N–H and O–H groups in total. The van der Waals surface area contributed by atoms with E-state index in [4.69, 9.17) is 10.5 Å². The Bertz CT molecular complexity index is 50.0. The van der Waals surface area contributed by atoms with E-state index in [1.807, 2.05) is 0 Å². The van der Waals surface area contributed by atoms with Crippen LogP contribution in [0, 0.1) is 6.23 Å². The van der Waals surface area contributed by atoms with E-state index in [1.54, 1.807) is 0 Å². The van der Waals surface area contributed by atoms with Crippen LogP contribution in [0.5, 0.6) is 0 Å². The maximum Gasteiger partial charge on any atom is 0.159 e. The Balaban J connectivity index is 2.12. The van der Waals surface area contributed by atoms with E-state index in [9.17, 15) is 0 Å². The standard InChI is InChI=1S/C5H10NO/c6-5-3-1-2-4-7-5/h1-4,6H2. The van der Waals surface area contributed by atoms with E-state index in [2.05, 4.69) is 0 Å². The molecule has 0 atom stereocenters. The van der Waals surface area contributed by atoms with Crippen molar-refractivity contribution in [3.8, 4) is 0 Å². The summed E-state index contributed by atoms with van der Waals surface area (Å²) < 4.78 is 4.97. The second kappa shape index (κ2) is 2.28. The zero-order valence-electron chi connectivity index (χ0n) is 4.31. The number of hydrogen-bond acceptors (Lipinski definition) is 2. The molecule has 2 nitrogen and oxygen atoms in total. The molecule has 0 bridgehead atoms. The van der Waals surface area contributed by atoms with Gasteiger partial charge in [-0.2, -0.15) is 0 Å². The molecule has 1 aliphatic rings. The van der Waals surface area contributed by atoms with Gasteiger partial charge in [0.25, 0.3) is 0 Å². The summed E-state index contributed by atoms with van der Waals surface area (Å²) in [7, 11) is 0. The lowest BCUT2D eigenvalue weighted by Crippen LogP contribution is -2.18. The zero-order valence-corrected chi connectivity index (χ0v) is 4.31. The van der Waals surface area contributed by atoms with Crippen molar-refractivity contribution in [2.45, 2.75) is 19.3 Å². The third-order valence-corrected chi connectivity index (χ3v) is 1.10. The summed E-state index contributed by atoms with van der Waals surface area (Å²) in [6.45, 7) is 0.825. The molecular formula is C5H10NO. The highest BCUT2D eigenvalue weighted by Gasteiger charge is 2.07. The van der Waals surface area contributed by atoms with Crippen LogP contribution in [0.1, 0.15) is 19.3 Å². The number of ether oxygens (including phenoxy) is 1. The Kier molecular flexibility index (Phi) is 1.65. The number of nitrogens with two attached hydrogens (primary N) is 1. The Morgan fingerprint density at radius 1 is 1.43 bits per heavy atom. The first-order chi connectivity index (χ1) is 3.39. The molecule has 0 aromatic rings. The van der Waals surface area contributed by atoms with Gasteiger partial charge in [-0.25, -0.2) is 0 Å². The van der Waals surface area contributed by atoms with E-state index in [0.29, 0.717) is 6.23 Å². The van der Waals surface area contributed by atoms with Crippen LogP contribution >= 0.6 is 0 Å². The smallest absolute Gasteiger partial charge is 0.159 e. The van der Waals surface area contributed by atoms with Crippen molar-refractivity contribution in [1.82, 2.24) is 0 Å². The van der Waals surface area contributed by atoms with Gasteiger partial charge in [0.05, 0.1) is 0 Å². The molecule has 0 aromatic heterocycles. The van der Waals surface area contributed by atoms with Gasteiger partial charge < -0.3 is 4.74 Å². The summed E-state index contributed by atoms with van der Waals surface area (Å²) in [6, 6.07) is 0. The van der Waals surface area contributed by atoms with Crippen molar-refractivity contribution in [2.75, 3.05) is 6.61 Å². The topological polar surface area (TPSA) is 35.2 Å². The van der Waals surface area contributed by atoms with Crippen LogP contribution < -0.4 is 5.73 Å². The van der Waals surface area contributed by atoms with Gasteiger partial charge in [0, 0.05) is 6.61 Å². The van der Waals surface area contributed by atoms with Crippen LogP contribution in [0.4, 0.5) is 0 Å². The fourth-order valence-electron chi connectivity index (χ4n) is 0.677. The summed E-state index contributed by atoms with van der Waals surface area (Å²) in [6.07, 6.45) is 4.04. The summed E-state index contributed by atoms with van der Waals surface area (Å²) >= 11 is 0. The summed E-state index contributed by atoms with van der Waals surface area (Å²) in [5, 5.41) is 0. The second-order valence-corrected chi connectivity index (χ2v) is 1.77. The molecule has 0 amide bonds. The average Bonchev–Trinajstić information content (AvgIpc) is 1.69. The van der Waals surface area contributed by atoms with Crippen molar-refractivity contribution in [2.24, 2.45) is 5.73 Å². The molecular weight excluding hydrogens is 90.1 g/mol. The van der Waals surface area contributed by atoms with Crippen LogP contribution in [0.25, 0.3) is 0 Å². The zero-order chi connectivity index (χ0) is 5.11. The molecule has 1 fully saturated rings. The molecule has 7 heavy (non-hydrogen) atoms. The predicted octanol–water partition coefficient (Wildman–Crippen LogP) is 0.635. The molecule has 0 aliphatic carbocycles. The lowest BCUT2D eigenvalue weighted by Gasteiger charge is -2.15. The lowest BCUT2D eigenvalue weighted by molar-refractivity contribution is 0.101. The van der Waals surface area contributed by atoms with Crippen LogP contribution in [0.2, 0.25) is 0 Å². The Labute approximate surface area is 43.6 Å². The van der Waals surface area contributed by atoms with Gasteiger partial charge in [0.15, 0.2) is 6.23 Å². The third kappa shape index (κ3) is 1.45. The van der Waals surface area contributed by atoms with Crippen LogP contribution in [-0.2, 0) is 4.74 Å². The maximum absolute atomic E-state index is 5.33. The minimum absolute atomic E-state index is 0.714. The predicted molar refractivity (Wildman–Crippen MR) is 27.2 cm³/mol. The van der Waals surface area contributed by atoms with Crippen molar-refractivity contribution in [3.63, 3.8) is 0 Å². The SMILES string of the molecule is N[C]1CCCCO1. The van der Waals surface area contributed by atoms with Crippen LogP contribution in [-0.4, -0.2) is 6.61 Å². The quantitative estimate of drug-likeness (QED) is 0.484. The second-order valence-electron chi connectivity index (χ2n) is 1.77. The highest BCUT2D eigenvalue weighted by molar-refractivity contribution is 4.71. The summed E-state index contributed by atoms with van der Waals surface area (Å²) in [5.41, 5.74) is 5.33. The van der Waals surface area contributed by atoms with Gasteiger partial charge >= 0.3 is 0 Å². The largest absolute Gasteiger partial charge is 0.356 e. The first-order valence-corrected chi connectivity index (χ1v) is 2.64. The molecule has 1 saturated heterocycles. The maximum atomic E-state index is 5.33.